The zero-order valence-electron chi connectivity index (χ0n) is 17.1. The third-order valence-electron chi connectivity index (χ3n) is 5.25. The Kier molecular flexibility index (Phi) is 5.09. The second kappa shape index (κ2) is 8.19. The molecule has 1 aliphatic heterocycles. The molecule has 31 heavy (non-hydrogen) atoms. The van der Waals surface area contributed by atoms with Crippen LogP contribution in [0.1, 0.15) is 16.2 Å². The predicted molar refractivity (Wildman–Crippen MR) is 115 cm³/mol. The van der Waals surface area contributed by atoms with Gasteiger partial charge in [-0.25, -0.2) is 15.0 Å². The second-order valence-corrected chi connectivity index (χ2v) is 7.44. The van der Waals surface area contributed by atoms with Crippen molar-refractivity contribution in [3.63, 3.8) is 0 Å². The summed E-state index contributed by atoms with van der Waals surface area (Å²) in [5, 5.41) is 9.03. The summed E-state index contributed by atoms with van der Waals surface area (Å²) in [6, 6.07) is 9.42. The first-order chi connectivity index (χ1) is 15.2. The normalized spacial score (nSPS) is 14.2. The van der Waals surface area contributed by atoms with Gasteiger partial charge in [-0.05, 0) is 18.2 Å². The lowest BCUT2D eigenvalue weighted by atomic mass is 10.1. The summed E-state index contributed by atoms with van der Waals surface area (Å²) >= 11 is 0. The third-order valence-corrected chi connectivity index (χ3v) is 5.25. The number of morpholine rings is 1. The van der Waals surface area contributed by atoms with Gasteiger partial charge in [-0.15, -0.1) is 5.10 Å². The monoisotopic (exact) mass is 415 g/mol. The molecular weight excluding hydrogens is 394 g/mol. The number of nitrogens with zero attached hydrogens (tertiary/aromatic N) is 7. The van der Waals surface area contributed by atoms with Crippen LogP contribution in [0.4, 0.5) is 5.82 Å². The molecule has 0 unspecified atom stereocenters. The summed E-state index contributed by atoms with van der Waals surface area (Å²) in [6.45, 7) is 2.88. The molecular formula is C22H21N7O2. The summed E-state index contributed by atoms with van der Waals surface area (Å²) < 4.78 is 7.05. The van der Waals surface area contributed by atoms with Crippen molar-refractivity contribution in [1.29, 1.82) is 0 Å². The maximum absolute atomic E-state index is 12.9. The van der Waals surface area contributed by atoms with Gasteiger partial charge in [0.15, 0.2) is 5.78 Å². The number of ether oxygens (including phenoxy) is 1. The quantitative estimate of drug-likeness (QED) is 0.457. The van der Waals surface area contributed by atoms with E-state index in [1.54, 1.807) is 23.1 Å². The molecule has 0 saturated carbocycles. The number of carbonyl (C=O) groups is 1. The zero-order valence-corrected chi connectivity index (χ0v) is 17.1. The van der Waals surface area contributed by atoms with Crippen LogP contribution in [-0.4, -0.2) is 62.0 Å². The Morgan fingerprint density at radius 2 is 2.00 bits per heavy atom. The van der Waals surface area contributed by atoms with Crippen LogP contribution in [0.15, 0.2) is 48.9 Å². The molecule has 4 heterocycles. The average Bonchev–Trinajstić information content (AvgIpc) is 3.25. The minimum Gasteiger partial charge on any atom is -0.378 e. The van der Waals surface area contributed by atoms with Gasteiger partial charge in [0.25, 0.3) is 0 Å². The number of anilines is 1. The van der Waals surface area contributed by atoms with Crippen LogP contribution in [0.25, 0.3) is 22.2 Å². The lowest BCUT2D eigenvalue weighted by molar-refractivity contribution is 0.0990. The van der Waals surface area contributed by atoms with Crippen molar-refractivity contribution >= 4 is 22.5 Å². The Hall–Kier alpha value is -3.72. The van der Waals surface area contributed by atoms with E-state index in [0.717, 1.165) is 41.1 Å². The smallest absolute Gasteiger partial charge is 0.170 e. The van der Waals surface area contributed by atoms with E-state index in [1.165, 1.54) is 0 Å². The maximum atomic E-state index is 12.9. The molecule has 0 bridgehead atoms. The van der Waals surface area contributed by atoms with Crippen molar-refractivity contribution < 1.29 is 9.53 Å². The fourth-order valence-corrected chi connectivity index (χ4v) is 3.59. The number of pyridine rings is 1. The van der Waals surface area contributed by atoms with Crippen molar-refractivity contribution in [3.05, 3.63) is 60.3 Å². The van der Waals surface area contributed by atoms with Crippen molar-refractivity contribution in [1.82, 2.24) is 29.9 Å². The third kappa shape index (κ3) is 4.13. The molecule has 9 nitrogen and oxygen atoms in total. The van der Waals surface area contributed by atoms with Gasteiger partial charge in [0.05, 0.1) is 31.3 Å². The number of Topliss-reactive ketones (excluding diaryl/α,β-unsaturated/α-hetero) is 1. The fourth-order valence-electron chi connectivity index (χ4n) is 3.59. The topological polar surface area (TPSA) is 98.9 Å². The van der Waals surface area contributed by atoms with Crippen molar-refractivity contribution in [2.45, 2.75) is 6.42 Å². The number of ketones is 1. The molecule has 3 aromatic heterocycles. The number of hydrogen-bond donors (Lipinski definition) is 0. The summed E-state index contributed by atoms with van der Waals surface area (Å²) in [7, 11) is 1.83. The predicted octanol–water partition coefficient (Wildman–Crippen LogP) is 2.08. The molecule has 0 amide bonds. The summed E-state index contributed by atoms with van der Waals surface area (Å²) in [5.74, 6) is 1.24. The van der Waals surface area contributed by atoms with Crippen LogP contribution in [0.5, 0.6) is 0 Å². The highest BCUT2D eigenvalue weighted by Crippen LogP contribution is 2.22. The molecule has 1 aliphatic rings. The molecule has 0 radical (unpaired) electrons. The first kappa shape index (κ1) is 19.3. The van der Waals surface area contributed by atoms with Gasteiger partial charge in [0, 0.05) is 49.0 Å². The molecule has 1 fully saturated rings. The van der Waals surface area contributed by atoms with Crippen molar-refractivity contribution in [2.75, 3.05) is 31.2 Å². The van der Waals surface area contributed by atoms with E-state index in [-0.39, 0.29) is 12.2 Å². The molecule has 0 spiro atoms. The van der Waals surface area contributed by atoms with E-state index in [1.807, 2.05) is 37.5 Å². The van der Waals surface area contributed by atoms with Crippen LogP contribution in [0.2, 0.25) is 0 Å². The molecule has 0 N–H and O–H groups in total. The molecule has 0 atom stereocenters. The first-order valence-corrected chi connectivity index (χ1v) is 10.1. The Bertz CT molecular complexity index is 1250. The minimum absolute atomic E-state index is 0.0404. The van der Waals surface area contributed by atoms with E-state index in [0.29, 0.717) is 24.6 Å². The van der Waals surface area contributed by atoms with E-state index in [9.17, 15) is 4.79 Å². The van der Waals surface area contributed by atoms with Crippen molar-refractivity contribution in [3.8, 4) is 11.3 Å². The van der Waals surface area contributed by atoms with Crippen molar-refractivity contribution in [2.24, 2.45) is 7.05 Å². The molecule has 1 aromatic carbocycles. The molecule has 9 heteroatoms. The van der Waals surface area contributed by atoms with Gasteiger partial charge in [-0.2, -0.15) is 0 Å². The van der Waals surface area contributed by atoms with Crippen LogP contribution < -0.4 is 4.90 Å². The van der Waals surface area contributed by atoms with Crippen LogP contribution in [-0.2, 0) is 18.2 Å². The Morgan fingerprint density at radius 1 is 1.13 bits per heavy atom. The molecule has 156 valence electrons. The highest BCUT2D eigenvalue weighted by atomic mass is 16.5. The lowest BCUT2D eigenvalue weighted by Gasteiger charge is -2.27. The summed E-state index contributed by atoms with van der Waals surface area (Å²) in [6.07, 6.45) is 5.39. The SMILES string of the molecule is Cn1cc(-c2ccc3cnc(CC(=O)c4ccnc(N5CCOCC5)c4)nc3c2)nn1. The van der Waals surface area contributed by atoms with Crippen LogP contribution >= 0.6 is 0 Å². The first-order valence-electron chi connectivity index (χ1n) is 10.1. The van der Waals surface area contributed by atoms with E-state index in [4.69, 9.17) is 4.74 Å². The molecule has 5 rings (SSSR count). The zero-order chi connectivity index (χ0) is 21.2. The van der Waals surface area contributed by atoms with Gasteiger partial charge in [0.1, 0.15) is 17.3 Å². The fraction of sp³-hybridized carbons (Fsp3) is 0.273. The summed E-state index contributed by atoms with van der Waals surface area (Å²) in [4.78, 5) is 28.4. The van der Waals surface area contributed by atoms with Gasteiger partial charge < -0.3 is 9.64 Å². The van der Waals surface area contributed by atoms with E-state index >= 15 is 0 Å². The average molecular weight is 415 g/mol. The molecule has 4 aromatic rings. The van der Waals surface area contributed by atoms with Gasteiger partial charge >= 0.3 is 0 Å². The highest BCUT2D eigenvalue weighted by molar-refractivity contribution is 5.98. The Morgan fingerprint density at radius 3 is 2.81 bits per heavy atom. The number of fused-ring (bicyclic) bond motifs is 1. The maximum Gasteiger partial charge on any atom is 0.170 e. The number of benzene rings is 1. The number of carbonyl (C=O) groups excluding carboxylic acids is 1. The van der Waals surface area contributed by atoms with Gasteiger partial charge in [0.2, 0.25) is 0 Å². The Balaban J connectivity index is 1.37. The number of rotatable bonds is 5. The largest absolute Gasteiger partial charge is 0.378 e. The van der Waals surface area contributed by atoms with Gasteiger partial charge in [-0.1, -0.05) is 17.3 Å². The molecule has 1 saturated heterocycles. The van der Waals surface area contributed by atoms with Crippen LogP contribution in [0, 0.1) is 0 Å². The molecule has 0 aliphatic carbocycles. The standard InChI is InChI=1S/C22H21N7O2/c1-28-14-19(26-27-28)15-2-3-17-13-24-21(25-18(17)10-15)12-20(30)16-4-5-23-22(11-16)29-6-8-31-9-7-29/h2-5,10-11,13-14H,6-9,12H2,1H3. The highest BCUT2D eigenvalue weighted by Gasteiger charge is 2.16. The Labute approximate surface area is 178 Å². The lowest BCUT2D eigenvalue weighted by Crippen LogP contribution is -2.36. The van der Waals surface area contributed by atoms with E-state index in [2.05, 4.69) is 30.2 Å². The van der Waals surface area contributed by atoms with E-state index < -0.39 is 0 Å². The summed E-state index contributed by atoms with van der Waals surface area (Å²) in [5.41, 5.74) is 3.06. The second-order valence-electron chi connectivity index (χ2n) is 7.44. The number of hydrogen-bond acceptors (Lipinski definition) is 8. The number of aryl methyl sites for hydroxylation is 1. The van der Waals surface area contributed by atoms with Gasteiger partial charge in [-0.3, -0.25) is 9.48 Å². The number of aromatic nitrogens is 6. The minimum atomic E-state index is -0.0404. The van der Waals surface area contributed by atoms with Crippen LogP contribution in [0.3, 0.4) is 0 Å².